The van der Waals surface area contributed by atoms with Crippen LogP contribution in [0.2, 0.25) is 0 Å². The van der Waals surface area contributed by atoms with Gasteiger partial charge < -0.3 is 10.1 Å². The van der Waals surface area contributed by atoms with Gasteiger partial charge in [0.15, 0.2) is 0 Å². The Morgan fingerprint density at radius 2 is 1.82 bits per heavy atom. The van der Waals surface area contributed by atoms with Gasteiger partial charge in [0, 0.05) is 5.56 Å². The van der Waals surface area contributed by atoms with Crippen LogP contribution in [0.1, 0.15) is 43.1 Å². The molecule has 1 aromatic rings. The lowest BCUT2D eigenvalue weighted by Crippen LogP contribution is -2.41. The first-order valence-corrected chi connectivity index (χ1v) is 8.67. The molecule has 1 N–H and O–H groups in total. The first-order valence-electron chi connectivity index (χ1n) is 7.27. The highest BCUT2D eigenvalue weighted by Crippen LogP contribution is 2.22. The van der Waals surface area contributed by atoms with Crippen molar-refractivity contribution >= 4 is 23.6 Å². The number of rotatable bonds is 6. The molecule has 4 nitrogen and oxygen atoms in total. The smallest absolute Gasteiger partial charge is 0.328 e. The molecule has 22 heavy (non-hydrogen) atoms. The van der Waals surface area contributed by atoms with E-state index in [2.05, 4.69) is 26.1 Å². The summed E-state index contributed by atoms with van der Waals surface area (Å²) in [6, 6.07) is 6.87. The number of esters is 1. The van der Waals surface area contributed by atoms with E-state index < -0.39 is 12.0 Å². The molecule has 0 heterocycles. The zero-order valence-electron chi connectivity index (χ0n) is 13.9. The molecule has 1 aromatic carbocycles. The Morgan fingerprint density at radius 1 is 1.23 bits per heavy atom. The van der Waals surface area contributed by atoms with Crippen molar-refractivity contribution in [3.8, 4) is 0 Å². The lowest BCUT2D eigenvalue weighted by atomic mass is 9.86. The molecule has 0 saturated carbocycles. The quantitative estimate of drug-likeness (QED) is 0.818. The minimum Gasteiger partial charge on any atom is -0.467 e. The molecule has 0 aliphatic carbocycles. The lowest BCUT2D eigenvalue weighted by molar-refractivity contribution is -0.142. The van der Waals surface area contributed by atoms with Gasteiger partial charge >= 0.3 is 5.97 Å². The van der Waals surface area contributed by atoms with Gasteiger partial charge in [-0.15, -0.1) is 0 Å². The van der Waals surface area contributed by atoms with E-state index in [1.165, 1.54) is 7.11 Å². The van der Waals surface area contributed by atoms with E-state index in [0.29, 0.717) is 12.0 Å². The Balaban J connectivity index is 2.79. The van der Waals surface area contributed by atoms with E-state index in [9.17, 15) is 9.59 Å². The maximum atomic E-state index is 12.3. The Hall–Kier alpha value is -1.49. The van der Waals surface area contributed by atoms with Crippen LogP contribution in [0.3, 0.4) is 0 Å². The van der Waals surface area contributed by atoms with Crippen LogP contribution in [-0.4, -0.2) is 37.0 Å². The molecular weight excluding hydrogens is 298 g/mol. The lowest BCUT2D eigenvalue weighted by Gasteiger charge is -2.19. The third kappa shape index (κ3) is 5.37. The predicted octanol–water partition coefficient (Wildman–Crippen LogP) is 3.01. The maximum Gasteiger partial charge on any atom is 0.328 e. The van der Waals surface area contributed by atoms with Gasteiger partial charge in [-0.25, -0.2) is 4.79 Å². The van der Waals surface area contributed by atoms with Gasteiger partial charge in [-0.3, -0.25) is 4.79 Å². The van der Waals surface area contributed by atoms with Crippen LogP contribution in [0.4, 0.5) is 0 Å². The fourth-order valence-electron chi connectivity index (χ4n) is 1.99. The molecule has 0 bridgehead atoms. The summed E-state index contributed by atoms with van der Waals surface area (Å²) in [4.78, 5) is 24.0. The number of nitrogens with one attached hydrogen (secondary N) is 1. The highest BCUT2D eigenvalue weighted by molar-refractivity contribution is 7.98. The van der Waals surface area contributed by atoms with Crippen LogP contribution >= 0.6 is 11.8 Å². The second kappa shape index (κ2) is 8.22. The van der Waals surface area contributed by atoms with Crippen LogP contribution < -0.4 is 5.32 Å². The number of benzene rings is 1. The topological polar surface area (TPSA) is 55.4 Å². The second-order valence-corrected chi connectivity index (χ2v) is 7.14. The number of hydrogen-bond acceptors (Lipinski definition) is 4. The second-order valence-electron chi connectivity index (χ2n) is 6.16. The van der Waals surface area contributed by atoms with Crippen molar-refractivity contribution in [1.82, 2.24) is 5.32 Å². The molecule has 0 aliphatic rings. The van der Waals surface area contributed by atoms with E-state index in [0.717, 1.165) is 11.3 Å². The Kier molecular flexibility index (Phi) is 6.94. The van der Waals surface area contributed by atoms with Crippen LogP contribution in [0.15, 0.2) is 24.3 Å². The number of amides is 1. The molecule has 0 spiro atoms. The molecule has 1 atom stereocenters. The van der Waals surface area contributed by atoms with Crippen LogP contribution in [-0.2, 0) is 14.9 Å². The first kappa shape index (κ1) is 18.6. The number of hydrogen-bond donors (Lipinski definition) is 1. The summed E-state index contributed by atoms with van der Waals surface area (Å²) < 4.78 is 4.75. The standard InChI is InChI=1S/C17H25NO3S/c1-17(2,3)13-8-6-12(7-9-13)15(19)18-14(10-11-22-5)16(20)21-4/h6-9,14H,10-11H2,1-5H3,(H,18,19)/t14-/m0/s1. The molecule has 0 fully saturated rings. The van der Waals surface area contributed by atoms with E-state index in [1.807, 2.05) is 18.4 Å². The van der Waals surface area contributed by atoms with Gasteiger partial charge in [-0.2, -0.15) is 11.8 Å². The van der Waals surface area contributed by atoms with Gasteiger partial charge in [-0.05, 0) is 41.5 Å². The Bertz CT molecular complexity index is 506. The van der Waals surface area contributed by atoms with Gasteiger partial charge in [-0.1, -0.05) is 32.9 Å². The van der Waals surface area contributed by atoms with Crippen molar-refractivity contribution in [1.29, 1.82) is 0 Å². The first-order chi connectivity index (χ1) is 10.3. The number of carbonyl (C=O) groups is 2. The average molecular weight is 323 g/mol. The fourth-order valence-corrected chi connectivity index (χ4v) is 2.46. The van der Waals surface area contributed by atoms with E-state index in [-0.39, 0.29) is 11.3 Å². The van der Waals surface area contributed by atoms with Gasteiger partial charge in [0.05, 0.1) is 7.11 Å². The van der Waals surface area contributed by atoms with Crippen LogP contribution in [0.5, 0.6) is 0 Å². The van der Waals surface area contributed by atoms with Crippen LogP contribution in [0, 0.1) is 0 Å². The SMILES string of the molecule is COC(=O)[C@H](CCSC)NC(=O)c1ccc(C(C)(C)C)cc1. The number of ether oxygens (including phenoxy) is 1. The van der Waals surface area contributed by atoms with Crippen molar-refractivity contribution in [3.63, 3.8) is 0 Å². The predicted molar refractivity (Wildman–Crippen MR) is 91.4 cm³/mol. The minimum atomic E-state index is -0.604. The molecule has 0 aromatic heterocycles. The molecule has 0 aliphatic heterocycles. The van der Waals surface area contributed by atoms with Crippen molar-refractivity contribution in [2.75, 3.05) is 19.1 Å². The van der Waals surface area contributed by atoms with E-state index in [4.69, 9.17) is 4.74 Å². The Labute approximate surface area is 137 Å². The van der Waals surface area contributed by atoms with E-state index in [1.54, 1.807) is 23.9 Å². The molecule has 1 rings (SSSR count). The van der Waals surface area contributed by atoms with Gasteiger partial charge in [0.2, 0.25) is 0 Å². The van der Waals surface area contributed by atoms with Crippen molar-refractivity contribution < 1.29 is 14.3 Å². The third-order valence-corrected chi connectivity index (χ3v) is 4.06. The summed E-state index contributed by atoms with van der Waals surface area (Å²) in [6.45, 7) is 6.37. The number of carbonyl (C=O) groups excluding carboxylic acids is 2. The summed E-state index contributed by atoms with van der Waals surface area (Å²) in [5.41, 5.74) is 1.75. The maximum absolute atomic E-state index is 12.3. The molecule has 0 radical (unpaired) electrons. The highest BCUT2D eigenvalue weighted by Gasteiger charge is 2.22. The molecular formula is C17H25NO3S. The minimum absolute atomic E-state index is 0.0436. The molecule has 0 saturated heterocycles. The van der Waals surface area contributed by atoms with Crippen molar-refractivity contribution in [2.24, 2.45) is 0 Å². The zero-order valence-corrected chi connectivity index (χ0v) is 14.8. The molecule has 0 unspecified atom stereocenters. The highest BCUT2D eigenvalue weighted by atomic mass is 32.2. The van der Waals surface area contributed by atoms with E-state index >= 15 is 0 Å². The average Bonchev–Trinajstić information content (AvgIpc) is 2.49. The molecule has 122 valence electrons. The van der Waals surface area contributed by atoms with Crippen molar-refractivity contribution in [2.45, 2.75) is 38.6 Å². The summed E-state index contributed by atoms with van der Waals surface area (Å²) >= 11 is 1.63. The molecule has 1 amide bonds. The van der Waals surface area contributed by atoms with Gasteiger partial charge in [0.25, 0.3) is 5.91 Å². The summed E-state index contributed by atoms with van der Waals surface area (Å²) in [7, 11) is 1.33. The summed E-state index contributed by atoms with van der Waals surface area (Å²) in [5, 5.41) is 2.75. The summed E-state index contributed by atoms with van der Waals surface area (Å²) in [5.74, 6) is 0.119. The largest absolute Gasteiger partial charge is 0.467 e. The number of thioether (sulfide) groups is 1. The normalized spacial score (nSPS) is 12.6. The van der Waals surface area contributed by atoms with Gasteiger partial charge in [0.1, 0.15) is 6.04 Å². The third-order valence-electron chi connectivity index (χ3n) is 3.41. The van der Waals surface area contributed by atoms with Crippen LogP contribution in [0.25, 0.3) is 0 Å². The van der Waals surface area contributed by atoms with Crippen molar-refractivity contribution in [3.05, 3.63) is 35.4 Å². The Morgan fingerprint density at radius 3 is 2.27 bits per heavy atom. The zero-order chi connectivity index (χ0) is 16.8. The monoisotopic (exact) mass is 323 g/mol. The number of methoxy groups -OCH3 is 1. The fraction of sp³-hybridized carbons (Fsp3) is 0.529. The summed E-state index contributed by atoms with van der Waals surface area (Å²) in [6.07, 6.45) is 2.51. The molecule has 5 heteroatoms.